The van der Waals surface area contributed by atoms with Crippen molar-refractivity contribution in [1.29, 1.82) is 0 Å². The Morgan fingerprint density at radius 2 is 1.79 bits per heavy atom. The zero-order valence-corrected chi connectivity index (χ0v) is 18.8. The first-order valence-corrected chi connectivity index (χ1v) is 10.7. The number of anilines is 2. The molecule has 34 heavy (non-hydrogen) atoms. The number of methoxy groups -OCH3 is 2. The van der Waals surface area contributed by atoms with Crippen LogP contribution in [0.4, 0.5) is 15.9 Å². The van der Waals surface area contributed by atoms with Crippen molar-refractivity contribution in [3.8, 4) is 11.5 Å². The van der Waals surface area contributed by atoms with E-state index in [0.717, 1.165) is 11.1 Å². The molecule has 2 heterocycles. The van der Waals surface area contributed by atoms with Crippen LogP contribution in [-0.2, 0) is 22.5 Å². The van der Waals surface area contributed by atoms with E-state index in [0.29, 0.717) is 31.0 Å². The topological polar surface area (TPSA) is 90.0 Å². The maximum absolute atomic E-state index is 14.0. The summed E-state index contributed by atoms with van der Waals surface area (Å²) in [4.78, 5) is 31.2. The van der Waals surface area contributed by atoms with Gasteiger partial charge in [-0.05, 0) is 53.9 Å². The molecular weight excluding hydrogens is 441 g/mol. The Kier molecular flexibility index (Phi) is 6.91. The number of nitrogens with one attached hydrogen (secondary N) is 1. The Hall–Kier alpha value is -4.14. The van der Waals surface area contributed by atoms with Crippen LogP contribution < -0.4 is 14.8 Å². The summed E-state index contributed by atoms with van der Waals surface area (Å²) < 4.78 is 30.0. The fourth-order valence-electron chi connectivity index (χ4n) is 3.75. The van der Waals surface area contributed by atoms with Gasteiger partial charge in [0.2, 0.25) is 0 Å². The highest BCUT2D eigenvalue weighted by molar-refractivity contribution is 5.96. The van der Waals surface area contributed by atoms with Gasteiger partial charge in [0.25, 0.3) is 5.91 Å². The number of hydrogen-bond acceptors (Lipinski definition) is 7. The molecule has 1 amide bonds. The van der Waals surface area contributed by atoms with Gasteiger partial charge in [-0.1, -0.05) is 12.1 Å². The maximum Gasteiger partial charge on any atom is 0.342 e. The third-order valence-electron chi connectivity index (χ3n) is 5.55. The molecule has 2 aromatic carbocycles. The van der Waals surface area contributed by atoms with Gasteiger partial charge in [0.15, 0.2) is 18.1 Å². The number of para-hydroxylation sites is 1. The van der Waals surface area contributed by atoms with Crippen molar-refractivity contribution in [3.63, 3.8) is 0 Å². The second-order valence-corrected chi connectivity index (χ2v) is 7.62. The van der Waals surface area contributed by atoms with E-state index in [1.54, 1.807) is 37.3 Å². The summed E-state index contributed by atoms with van der Waals surface area (Å²) >= 11 is 0. The Morgan fingerprint density at radius 1 is 1.06 bits per heavy atom. The molecule has 0 saturated carbocycles. The molecule has 8 nitrogen and oxygen atoms in total. The largest absolute Gasteiger partial charge is 0.493 e. The third-order valence-corrected chi connectivity index (χ3v) is 5.55. The number of ether oxygens (including phenoxy) is 3. The smallest absolute Gasteiger partial charge is 0.342 e. The molecule has 0 saturated heterocycles. The fourth-order valence-corrected chi connectivity index (χ4v) is 3.75. The van der Waals surface area contributed by atoms with Gasteiger partial charge in [-0.25, -0.2) is 14.2 Å². The minimum Gasteiger partial charge on any atom is -0.493 e. The third kappa shape index (κ3) is 4.93. The van der Waals surface area contributed by atoms with Gasteiger partial charge in [-0.3, -0.25) is 4.79 Å². The highest BCUT2D eigenvalue weighted by Crippen LogP contribution is 2.33. The van der Waals surface area contributed by atoms with Crippen LogP contribution in [0.5, 0.6) is 11.5 Å². The van der Waals surface area contributed by atoms with Gasteiger partial charge in [0.05, 0.1) is 19.9 Å². The Morgan fingerprint density at radius 3 is 2.53 bits per heavy atom. The predicted octanol–water partition coefficient (Wildman–Crippen LogP) is 3.72. The molecule has 0 bridgehead atoms. The molecule has 9 heteroatoms. The number of aromatic nitrogens is 1. The van der Waals surface area contributed by atoms with Crippen LogP contribution in [0.25, 0.3) is 0 Å². The highest BCUT2D eigenvalue weighted by Gasteiger charge is 2.24. The second-order valence-electron chi connectivity index (χ2n) is 7.62. The number of fused-ring (bicyclic) bond motifs is 1. The van der Waals surface area contributed by atoms with Crippen LogP contribution in [-0.4, -0.2) is 49.1 Å². The molecule has 0 aliphatic carbocycles. The van der Waals surface area contributed by atoms with Crippen molar-refractivity contribution in [2.24, 2.45) is 0 Å². The minimum atomic E-state index is -0.732. The maximum atomic E-state index is 14.0. The lowest BCUT2D eigenvalue weighted by atomic mass is 9.99. The summed E-state index contributed by atoms with van der Waals surface area (Å²) in [7, 11) is 3.14. The first kappa shape index (κ1) is 23.0. The van der Waals surface area contributed by atoms with Crippen LogP contribution in [0.15, 0.2) is 54.7 Å². The number of carbonyl (C=O) groups excluding carboxylic acids is 2. The van der Waals surface area contributed by atoms with Gasteiger partial charge in [0.1, 0.15) is 17.2 Å². The van der Waals surface area contributed by atoms with Gasteiger partial charge in [-0.15, -0.1) is 0 Å². The van der Waals surface area contributed by atoms with Crippen molar-refractivity contribution in [3.05, 3.63) is 77.2 Å². The van der Waals surface area contributed by atoms with E-state index in [9.17, 15) is 14.0 Å². The normalized spacial score (nSPS) is 12.5. The van der Waals surface area contributed by atoms with E-state index in [2.05, 4.69) is 10.3 Å². The molecule has 0 unspecified atom stereocenters. The van der Waals surface area contributed by atoms with Crippen LogP contribution in [0.3, 0.4) is 0 Å². The van der Waals surface area contributed by atoms with Gasteiger partial charge < -0.3 is 24.4 Å². The van der Waals surface area contributed by atoms with E-state index in [1.165, 1.54) is 24.4 Å². The Balaban J connectivity index is 1.41. The summed E-state index contributed by atoms with van der Waals surface area (Å²) in [6.45, 7) is 0.445. The number of amides is 1. The second kappa shape index (κ2) is 10.2. The van der Waals surface area contributed by atoms with Crippen LogP contribution >= 0.6 is 0 Å². The zero-order valence-electron chi connectivity index (χ0n) is 18.8. The minimum absolute atomic E-state index is 0.0966. The van der Waals surface area contributed by atoms with E-state index in [1.807, 2.05) is 12.1 Å². The number of halogens is 1. The first-order chi connectivity index (χ1) is 16.5. The lowest BCUT2D eigenvalue weighted by Crippen LogP contribution is -2.38. The molecule has 1 aromatic heterocycles. The number of benzene rings is 2. The average Bonchev–Trinajstić information content (AvgIpc) is 2.87. The average molecular weight is 465 g/mol. The molecule has 1 aliphatic rings. The molecule has 0 fully saturated rings. The summed E-state index contributed by atoms with van der Waals surface area (Å²) in [5.74, 6) is -0.162. The molecule has 176 valence electrons. The van der Waals surface area contributed by atoms with Crippen molar-refractivity contribution in [1.82, 2.24) is 9.88 Å². The summed E-state index contributed by atoms with van der Waals surface area (Å²) in [6.07, 6.45) is 2.12. The number of nitrogens with zero attached hydrogens (tertiary/aromatic N) is 2. The van der Waals surface area contributed by atoms with Crippen molar-refractivity contribution < 1.29 is 28.2 Å². The number of hydrogen-bond donors (Lipinski definition) is 1. The summed E-state index contributed by atoms with van der Waals surface area (Å²) in [5, 5.41) is 2.80. The first-order valence-electron chi connectivity index (χ1n) is 10.7. The van der Waals surface area contributed by atoms with Crippen LogP contribution in [0.1, 0.15) is 21.5 Å². The van der Waals surface area contributed by atoms with Gasteiger partial charge in [-0.2, -0.15) is 0 Å². The standard InChI is InChI=1S/C25H24FN3O5/c1-32-21-12-16-9-11-29(14-17(16)13-22(21)33-2)23(30)15-34-25(31)18-6-5-10-27-24(18)28-20-8-4-3-7-19(20)26/h3-8,10,12-13H,9,11,14-15H2,1-2H3,(H,27,28). The molecule has 0 spiro atoms. The lowest BCUT2D eigenvalue weighted by molar-refractivity contribution is -0.135. The highest BCUT2D eigenvalue weighted by atomic mass is 19.1. The SMILES string of the molecule is COc1cc2c(cc1OC)CN(C(=O)COC(=O)c1cccnc1Nc1ccccc1F)CC2. The monoisotopic (exact) mass is 465 g/mol. The van der Waals surface area contributed by atoms with Crippen LogP contribution in [0, 0.1) is 5.82 Å². The van der Waals surface area contributed by atoms with Crippen molar-refractivity contribution in [2.75, 3.05) is 32.7 Å². The molecule has 0 atom stereocenters. The van der Waals surface area contributed by atoms with E-state index in [-0.39, 0.29) is 23.0 Å². The van der Waals surface area contributed by atoms with Crippen LogP contribution in [0.2, 0.25) is 0 Å². The van der Waals surface area contributed by atoms with Crippen molar-refractivity contribution in [2.45, 2.75) is 13.0 Å². The number of pyridine rings is 1. The zero-order chi connectivity index (χ0) is 24.1. The van der Waals surface area contributed by atoms with Gasteiger partial charge >= 0.3 is 5.97 Å². The quantitative estimate of drug-likeness (QED) is 0.532. The Bertz CT molecular complexity index is 1220. The predicted molar refractivity (Wildman–Crippen MR) is 123 cm³/mol. The fraction of sp³-hybridized carbons (Fsp3) is 0.240. The number of rotatable bonds is 7. The summed E-state index contributed by atoms with van der Waals surface area (Å²) in [6, 6.07) is 12.9. The molecule has 1 N–H and O–H groups in total. The lowest BCUT2D eigenvalue weighted by Gasteiger charge is -2.29. The number of carbonyl (C=O) groups is 2. The van der Waals surface area contributed by atoms with E-state index in [4.69, 9.17) is 14.2 Å². The Labute approximate surface area is 196 Å². The molecule has 3 aromatic rings. The molecule has 1 aliphatic heterocycles. The van der Waals surface area contributed by atoms with E-state index < -0.39 is 18.4 Å². The number of esters is 1. The summed E-state index contributed by atoms with van der Waals surface area (Å²) in [5.41, 5.74) is 2.30. The molecule has 0 radical (unpaired) electrons. The van der Waals surface area contributed by atoms with Gasteiger partial charge in [0, 0.05) is 19.3 Å². The van der Waals surface area contributed by atoms with E-state index >= 15 is 0 Å². The van der Waals surface area contributed by atoms with Crippen molar-refractivity contribution >= 4 is 23.4 Å². The molecule has 4 rings (SSSR count). The molecular formula is C25H24FN3O5.